The summed E-state index contributed by atoms with van der Waals surface area (Å²) in [5.41, 5.74) is 0. The highest BCUT2D eigenvalue weighted by Crippen LogP contribution is 2.30. The fraction of sp³-hybridized carbons (Fsp3) is 0.917. The molecule has 2 rings (SSSR count). The Hall–Kier alpha value is -0.260. The fourth-order valence-electron chi connectivity index (χ4n) is 2.63. The smallest absolute Gasteiger partial charge is 0.250 e. The number of carbonyl (C=O) groups excluding carboxylic acids is 1. The average Bonchev–Trinajstić information content (AvgIpc) is 2.97. The summed E-state index contributed by atoms with van der Waals surface area (Å²) in [7, 11) is 0. The summed E-state index contributed by atoms with van der Waals surface area (Å²) in [5, 5.41) is 0. The minimum atomic E-state index is 0.146. The van der Waals surface area contributed by atoms with Gasteiger partial charge in [-0.25, -0.2) is 0 Å². The van der Waals surface area contributed by atoms with Crippen LogP contribution < -0.4 is 0 Å². The minimum Gasteiger partial charge on any atom is -0.335 e. The summed E-state index contributed by atoms with van der Waals surface area (Å²) in [4.78, 5) is 16.2. The molecule has 2 atom stereocenters. The van der Waals surface area contributed by atoms with Crippen LogP contribution >= 0.6 is 12.0 Å². The van der Waals surface area contributed by atoms with E-state index in [2.05, 4.69) is 11.8 Å². The first-order valence-electron chi connectivity index (χ1n) is 6.45. The van der Waals surface area contributed by atoms with Crippen molar-refractivity contribution in [3.05, 3.63) is 0 Å². The second-order valence-electron chi connectivity index (χ2n) is 4.11. The molecule has 0 aromatic heterocycles. The maximum Gasteiger partial charge on any atom is 0.250 e. The molecule has 1 amide bonds. The molecule has 4 nitrogen and oxygen atoms in total. The highest BCUT2D eigenvalue weighted by atomic mass is 32.2. The largest absolute Gasteiger partial charge is 0.335 e. The van der Waals surface area contributed by atoms with Crippen LogP contribution in [0.4, 0.5) is 0 Å². The summed E-state index contributed by atoms with van der Waals surface area (Å²) < 4.78 is 5.08. The number of amides is 1. The molecule has 0 radical (unpaired) electrons. The summed E-state index contributed by atoms with van der Waals surface area (Å²) in [6.45, 7) is 9.45. The summed E-state index contributed by atoms with van der Waals surface area (Å²) >= 11 is 1.26. The van der Waals surface area contributed by atoms with Crippen LogP contribution in [0.25, 0.3) is 0 Å². The second-order valence-corrected chi connectivity index (χ2v) is 4.67. The van der Waals surface area contributed by atoms with Gasteiger partial charge in [0.25, 0.3) is 0 Å². The molecule has 0 aromatic carbocycles. The van der Waals surface area contributed by atoms with Crippen LogP contribution in [0.5, 0.6) is 0 Å². The Morgan fingerprint density at radius 2 is 2.06 bits per heavy atom. The van der Waals surface area contributed by atoms with Gasteiger partial charge in [-0.05, 0) is 25.0 Å². The zero-order chi connectivity index (χ0) is 12.8. The molecule has 2 aliphatic heterocycles. The van der Waals surface area contributed by atoms with Crippen molar-refractivity contribution in [2.45, 2.75) is 39.3 Å². The SMILES string of the molecule is CC.CCN1CC2CC1CN2C(=O)COSC. The van der Waals surface area contributed by atoms with Gasteiger partial charge in [0.05, 0.1) is 0 Å². The molecule has 2 bridgehead atoms. The standard InChI is InChI=1S/C10H18N2O2S.C2H6/c1-3-11-5-9-4-8(11)6-12(9)10(13)7-14-15-2;1-2/h8-9H,3-7H2,1-2H3;1-2H3. The maximum absolute atomic E-state index is 11.8. The van der Waals surface area contributed by atoms with Crippen molar-refractivity contribution in [2.24, 2.45) is 0 Å². The molecule has 100 valence electrons. The first kappa shape index (κ1) is 14.8. The highest BCUT2D eigenvalue weighted by molar-refractivity contribution is 7.93. The monoisotopic (exact) mass is 260 g/mol. The summed E-state index contributed by atoms with van der Waals surface area (Å²) in [5.74, 6) is 0.146. The van der Waals surface area contributed by atoms with Crippen molar-refractivity contribution in [3.63, 3.8) is 0 Å². The van der Waals surface area contributed by atoms with Gasteiger partial charge in [-0.2, -0.15) is 0 Å². The molecular weight excluding hydrogens is 236 g/mol. The van der Waals surface area contributed by atoms with Gasteiger partial charge < -0.3 is 9.08 Å². The van der Waals surface area contributed by atoms with Gasteiger partial charge in [0.2, 0.25) is 5.91 Å². The van der Waals surface area contributed by atoms with Crippen molar-refractivity contribution in [2.75, 3.05) is 32.5 Å². The molecule has 0 aromatic rings. The number of likely N-dealkylation sites (tertiary alicyclic amines) is 2. The molecule has 0 spiro atoms. The Kier molecular flexibility index (Phi) is 6.30. The van der Waals surface area contributed by atoms with Crippen LogP contribution in [0.15, 0.2) is 0 Å². The summed E-state index contributed by atoms with van der Waals surface area (Å²) in [6.07, 6.45) is 2.99. The van der Waals surface area contributed by atoms with Gasteiger partial charge in [-0.3, -0.25) is 9.69 Å². The van der Waals surface area contributed by atoms with E-state index in [0.717, 1.165) is 26.1 Å². The van der Waals surface area contributed by atoms with Crippen LogP contribution in [-0.2, 0) is 8.98 Å². The third-order valence-electron chi connectivity index (χ3n) is 3.38. The molecule has 2 unspecified atom stereocenters. The van der Waals surface area contributed by atoms with Gasteiger partial charge in [0, 0.05) is 31.4 Å². The zero-order valence-corrected chi connectivity index (χ0v) is 12.1. The van der Waals surface area contributed by atoms with E-state index in [1.807, 2.05) is 25.0 Å². The predicted molar refractivity (Wildman–Crippen MR) is 72.0 cm³/mol. The first-order chi connectivity index (χ1) is 8.26. The van der Waals surface area contributed by atoms with Crippen molar-refractivity contribution in [3.8, 4) is 0 Å². The van der Waals surface area contributed by atoms with E-state index >= 15 is 0 Å². The van der Waals surface area contributed by atoms with Crippen molar-refractivity contribution >= 4 is 17.9 Å². The molecule has 2 fully saturated rings. The van der Waals surface area contributed by atoms with Gasteiger partial charge >= 0.3 is 0 Å². The third-order valence-corrected chi connectivity index (χ3v) is 3.73. The Labute approximate surface area is 109 Å². The van der Waals surface area contributed by atoms with Crippen molar-refractivity contribution < 1.29 is 8.98 Å². The molecule has 0 aliphatic carbocycles. The van der Waals surface area contributed by atoms with E-state index < -0.39 is 0 Å². The number of hydrogen-bond acceptors (Lipinski definition) is 4. The Bertz CT molecular complexity index is 251. The lowest BCUT2D eigenvalue weighted by atomic mass is 10.2. The number of likely N-dealkylation sites (N-methyl/N-ethyl adjacent to an activating group) is 1. The summed E-state index contributed by atoms with van der Waals surface area (Å²) in [6, 6.07) is 1.03. The third kappa shape index (κ3) is 3.36. The van der Waals surface area contributed by atoms with E-state index in [9.17, 15) is 4.79 Å². The molecule has 0 N–H and O–H groups in total. The highest BCUT2D eigenvalue weighted by Gasteiger charge is 2.44. The van der Waals surface area contributed by atoms with Gasteiger partial charge in [-0.15, -0.1) is 0 Å². The van der Waals surface area contributed by atoms with Crippen LogP contribution in [0.3, 0.4) is 0 Å². The van der Waals surface area contributed by atoms with Gasteiger partial charge in [0.15, 0.2) is 0 Å². The fourth-order valence-corrected chi connectivity index (χ4v) is 2.85. The second kappa shape index (κ2) is 7.24. The lowest BCUT2D eigenvalue weighted by Crippen LogP contribution is -2.49. The Morgan fingerprint density at radius 3 is 2.53 bits per heavy atom. The number of rotatable bonds is 4. The van der Waals surface area contributed by atoms with Crippen LogP contribution in [-0.4, -0.2) is 60.3 Å². The first-order valence-corrected chi connectivity index (χ1v) is 7.60. The van der Waals surface area contributed by atoms with Gasteiger partial charge in [0.1, 0.15) is 6.61 Å². The zero-order valence-electron chi connectivity index (χ0n) is 11.3. The lowest BCUT2D eigenvalue weighted by molar-refractivity contribution is -0.135. The van der Waals surface area contributed by atoms with E-state index in [0.29, 0.717) is 12.1 Å². The Balaban J connectivity index is 0.000000686. The molecular formula is C12H24N2O2S. The van der Waals surface area contributed by atoms with Crippen molar-refractivity contribution in [1.82, 2.24) is 9.80 Å². The number of piperazine rings is 1. The van der Waals surface area contributed by atoms with E-state index in [4.69, 9.17) is 4.18 Å². The van der Waals surface area contributed by atoms with E-state index in [1.54, 1.807) is 0 Å². The Morgan fingerprint density at radius 1 is 1.35 bits per heavy atom. The molecule has 0 saturated carbocycles. The van der Waals surface area contributed by atoms with Crippen molar-refractivity contribution in [1.29, 1.82) is 0 Å². The van der Waals surface area contributed by atoms with Crippen LogP contribution in [0.1, 0.15) is 27.2 Å². The number of carbonyl (C=O) groups is 1. The number of hydrogen-bond donors (Lipinski definition) is 0. The lowest BCUT2D eigenvalue weighted by Gasteiger charge is -2.33. The van der Waals surface area contributed by atoms with Crippen LogP contribution in [0, 0.1) is 0 Å². The minimum absolute atomic E-state index is 0.146. The quantitative estimate of drug-likeness (QED) is 0.719. The molecule has 2 heterocycles. The molecule has 5 heteroatoms. The number of nitrogens with zero attached hydrogens (tertiary/aromatic N) is 2. The predicted octanol–water partition coefficient (Wildman–Crippen LogP) is 1.61. The topological polar surface area (TPSA) is 32.8 Å². The van der Waals surface area contributed by atoms with E-state index in [1.165, 1.54) is 12.0 Å². The molecule has 2 aliphatic rings. The molecule has 2 saturated heterocycles. The van der Waals surface area contributed by atoms with Gasteiger partial charge in [-0.1, -0.05) is 20.8 Å². The number of fused-ring (bicyclic) bond motifs is 2. The maximum atomic E-state index is 11.8. The van der Waals surface area contributed by atoms with E-state index in [-0.39, 0.29) is 12.5 Å². The molecule has 17 heavy (non-hydrogen) atoms. The normalized spacial score (nSPS) is 26.9. The van der Waals surface area contributed by atoms with Crippen LogP contribution in [0.2, 0.25) is 0 Å². The average molecular weight is 260 g/mol.